The van der Waals surface area contributed by atoms with E-state index in [0.717, 1.165) is 35.8 Å². The van der Waals surface area contributed by atoms with Gasteiger partial charge in [-0.2, -0.15) is 0 Å². The van der Waals surface area contributed by atoms with E-state index in [9.17, 15) is 4.39 Å². The molecule has 0 bridgehead atoms. The van der Waals surface area contributed by atoms with Gasteiger partial charge in [0, 0.05) is 16.9 Å². The van der Waals surface area contributed by atoms with Crippen molar-refractivity contribution in [1.82, 2.24) is 5.32 Å². The Hall–Kier alpha value is -0.490. The zero-order valence-corrected chi connectivity index (χ0v) is 13.3. The number of nitrogens with one attached hydrogen (secondary N) is 1. The van der Waals surface area contributed by atoms with Crippen LogP contribution in [-0.2, 0) is 15.9 Å². The van der Waals surface area contributed by atoms with Crippen molar-refractivity contribution in [3.63, 3.8) is 0 Å². The van der Waals surface area contributed by atoms with Crippen molar-refractivity contribution >= 4 is 15.9 Å². The largest absolute Gasteiger partial charge is 0.350 e. The molecule has 1 saturated heterocycles. The summed E-state index contributed by atoms with van der Waals surface area (Å²) in [6, 6.07) is 5.02. The van der Waals surface area contributed by atoms with Crippen LogP contribution in [0.5, 0.6) is 0 Å². The van der Waals surface area contributed by atoms with E-state index in [1.165, 1.54) is 6.07 Å². The third-order valence-electron chi connectivity index (χ3n) is 3.32. The minimum atomic E-state index is -0.203. The number of hydrogen-bond donors (Lipinski definition) is 1. The minimum absolute atomic E-state index is 0.142. The van der Waals surface area contributed by atoms with E-state index < -0.39 is 0 Å². The monoisotopic (exact) mass is 345 g/mol. The maximum absolute atomic E-state index is 13.4. The quantitative estimate of drug-likeness (QED) is 0.822. The van der Waals surface area contributed by atoms with Crippen LogP contribution in [-0.4, -0.2) is 32.1 Å². The first-order valence-corrected chi connectivity index (χ1v) is 7.89. The molecule has 1 N–H and O–H groups in total. The molecule has 20 heavy (non-hydrogen) atoms. The van der Waals surface area contributed by atoms with Crippen molar-refractivity contribution in [2.75, 3.05) is 19.8 Å². The zero-order valence-electron chi connectivity index (χ0n) is 11.7. The molecule has 1 unspecified atom stereocenters. The van der Waals surface area contributed by atoms with Gasteiger partial charge in [0.15, 0.2) is 6.29 Å². The van der Waals surface area contributed by atoms with Crippen LogP contribution in [0.1, 0.15) is 25.3 Å². The van der Waals surface area contributed by atoms with Gasteiger partial charge in [0.25, 0.3) is 0 Å². The van der Waals surface area contributed by atoms with Gasteiger partial charge in [0.2, 0.25) is 0 Å². The van der Waals surface area contributed by atoms with Crippen molar-refractivity contribution in [3.8, 4) is 0 Å². The average Bonchev–Trinajstić information content (AvgIpc) is 2.93. The fraction of sp³-hybridized carbons (Fsp3) is 0.600. The van der Waals surface area contributed by atoms with Crippen molar-refractivity contribution in [3.05, 3.63) is 34.1 Å². The predicted octanol–water partition coefficient (Wildman–Crippen LogP) is 3.26. The van der Waals surface area contributed by atoms with Crippen molar-refractivity contribution < 1.29 is 13.9 Å². The second kappa shape index (κ2) is 8.08. The molecule has 0 aliphatic carbocycles. The molecule has 2 rings (SSSR count). The van der Waals surface area contributed by atoms with E-state index in [0.29, 0.717) is 13.2 Å². The lowest BCUT2D eigenvalue weighted by Crippen LogP contribution is -2.35. The Morgan fingerprint density at radius 2 is 2.15 bits per heavy atom. The van der Waals surface area contributed by atoms with Gasteiger partial charge in [-0.1, -0.05) is 22.9 Å². The molecule has 0 radical (unpaired) electrons. The predicted molar refractivity (Wildman–Crippen MR) is 80.2 cm³/mol. The van der Waals surface area contributed by atoms with E-state index in [-0.39, 0.29) is 18.1 Å². The maximum Gasteiger partial charge on any atom is 0.159 e. The molecule has 0 saturated carbocycles. The van der Waals surface area contributed by atoms with Gasteiger partial charge in [-0.05, 0) is 43.1 Å². The smallest absolute Gasteiger partial charge is 0.159 e. The highest BCUT2D eigenvalue weighted by molar-refractivity contribution is 9.10. The Balaban J connectivity index is 1.99. The van der Waals surface area contributed by atoms with Gasteiger partial charge in [-0.3, -0.25) is 0 Å². The topological polar surface area (TPSA) is 30.5 Å². The Morgan fingerprint density at radius 1 is 1.40 bits per heavy atom. The summed E-state index contributed by atoms with van der Waals surface area (Å²) in [5, 5.41) is 3.49. The lowest BCUT2D eigenvalue weighted by molar-refractivity contribution is -0.0526. The fourth-order valence-electron chi connectivity index (χ4n) is 2.33. The highest BCUT2D eigenvalue weighted by Crippen LogP contribution is 2.21. The van der Waals surface area contributed by atoms with Crippen LogP contribution >= 0.6 is 15.9 Å². The first kappa shape index (κ1) is 15.9. The van der Waals surface area contributed by atoms with Crippen LogP contribution in [0.15, 0.2) is 22.7 Å². The number of benzene rings is 1. The van der Waals surface area contributed by atoms with E-state index in [1.807, 2.05) is 0 Å². The van der Waals surface area contributed by atoms with Gasteiger partial charge >= 0.3 is 0 Å². The summed E-state index contributed by atoms with van der Waals surface area (Å²) >= 11 is 3.48. The Labute approximate surface area is 128 Å². The second-order valence-corrected chi connectivity index (χ2v) is 5.85. The second-order valence-electron chi connectivity index (χ2n) is 5.00. The Kier molecular flexibility index (Phi) is 6.42. The number of rotatable bonds is 7. The van der Waals surface area contributed by atoms with E-state index in [4.69, 9.17) is 9.47 Å². The molecular weight excluding hydrogens is 325 g/mol. The van der Waals surface area contributed by atoms with E-state index in [1.54, 1.807) is 12.1 Å². The van der Waals surface area contributed by atoms with E-state index >= 15 is 0 Å². The molecule has 1 aliphatic heterocycles. The van der Waals surface area contributed by atoms with Crippen LogP contribution in [0.4, 0.5) is 4.39 Å². The summed E-state index contributed by atoms with van der Waals surface area (Å²) in [7, 11) is 0. The summed E-state index contributed by atoms with van der Waals surface area (Å²) in [4.78, 5) is 0. The molecule has 1 aromatic rings. The number of halogens is 2. The van der Waals surface area contributed by atoms with Crippen LogP contribution in [0.3, 0.4) is 0 Å². The molecule has 5 heteroatoms. The van der Waals surface area contributed by atoms with Crippen LogP contribution in [0.2, 0.25) is 0 Å². The van der Waals surface area contributed by atoms with Crippen LogP contribution < -0.4 is 5.32 Å². The molecule has 1 fully saturated rings. The van der Waals surface area contributed by atoms with Crippen LogP contribution in [0.25, 0.3) is 0 Å². The molecule has 3 nitrogen and oxygen atoms in total. The fourth-order valence-corrected chi connectivity index (χ4v) is 2.74. The SMILES string of the molecule is CCCNC(Cc1cc(F)ccc1Br)CC1OCCO1. The standard InChI is InChI=1S/C15H21BrFNO2/c1-2-5-18-13(10-15-19-6-7-20-15)9-11-8-12(17)3-4-14(11)16/h3-4,8,13,15,18H,2,5-7,9-10H2,1H3. The average molecular weight is 346 g/mol. The molecular formula is C15H21BrFNO2. The maximum atomic E-state index is 13.4. The summed E-state index contributed by atoms with van der Waals surface area (Å²) in [5.41, 5.74) is 0.969. The molecule has 1 heterocycles. The van der Waals surface area contributed by atoms with Crippen LogP contribution in [0, 0.1) is 5.82 Å². The third kappa shape index (κ3) is 4.81. The van der Waals surface area contributed by atoms with Gasteiger partial charge in [-0.15, -0.1) is 0 Å². The summed E-state index contributed by atoms with van der Waals surface area (Å²) in [6.45, 7) is 4.39. The highest BCUT2D eigenvalue weighted by Gasteiger charge is 2.22. The molecule has 1 aromatic carbocycles. The van der Waals surface area contributed by atoms with Gasteiger partial charge < -0.3 is 14.8 Å². The van der Waals surface area contributed by atoms with Crippen molar-refractivity contribution in [1.29, 1.82) is 0 Å². The molecule has 0 aromatic heterocycles. The molecule has 0 spiro atoms. The first-order chi connectivity index (χ1) is 9.69. The van der Waals surface area contributed by atoms with Crippen molar-refractivity contribution in [2.24, 2.45) is 0 Å². The lowest BCUT2D eigenvalue weighted by atomic mass is 10.0. The molecule has 0 amide bonds. The van der Waals surface area contributed by atoms with Crippen molar-refractivity contribution in [2.45, 2.75) is 38.5 Å². The molecule has 1 atom stereocenters. The normalized spacial score (nSPS) is 17.6. The minimum Gasteiger partial charge on any atom is -0.350 e. The highest BCUT2D eigenvalue weighted by atomic mass is 79.9. The third-order valence-corrected chi connectivity index (χ3v) is 4.10. The van der Waals surface area contributed by atoms with Gasteiger partial charge in [-0.25, -0.2) is 4.39 Å². The van der Waals surface area contributed by atoms with Gasteiger partial charge in [0.1, 0.15) is 5.82 Å². The summed E-state index contributed by atoms with van der Waals surface area (Å²) in [5.74, 6) is -0.203. The Bertz CT molecular complexity index is 424. The number of hydrogen-bond acceptors (Lipinski definition) is 3. The number of ether oxygens (including phenoxy) is 2. The summed E-state index contributed by atoms with van der Waals surface area (Å²) in [6.07, 6.45) is 2.45. The molecule has 112 valence electrons. The van der Waals surface area contributed by atoms with E-state index in [2.05, 4.69) is 28.2 Å². The summed E-state index contributed by atoms with van der Waals surface area (Å²) < 4.78 is 25.3. The first-order valence-electron chi connectivity index (χ1n) is 7.09. The Morgan fingerprint density at radius 3 is 2.85 bits per heavy atom. The molecule has 1 aliphatic rings. The zero-order chi connectivity index (χ0) is 14.4. The lowest BCUT2D eigenvalue weighted by Gasteiger charge is -2.22. The van der Waals surface area contributed by atoms with Gasteiger partial charge in [0.05, 0.1) is 13.2 Å².